The molecule has 1 rings (SSSR count). The first-order valence-corrected chi connectivity index (χ1v) is 11.7. The van der Waals surface area contributed by atoms with Crippen molar-refractivity contribution in [1.29, 1.82) is 0 Å². The molecule has 0 fully saturated rings. The Morgan fingerprint density at radius 1 is 1.00 bits per heavy atom. The minimum atomic E-state index is -1.94. The number of hydrogen-bond donors (Lipinski definition) is 0. The summed E-state index contributed by atoms with van der Waals surface area (Å²) in [5.74, 6) is 1.99. The lowest BCUT2D eigenvalue weighted by Gasteiger charge is -2.42. The Labute approximate surface area is 156 Å². The SMILES string of the molecule is COc1c(C)cc(O[Si](C(C)C)(C(C)C)C(C)C)cc1CC=C(C)C. The monoisotopic (exact) mass is 362 g/mol. The van der Waals surface area contributed by atoms with Crippen LogP contribution >= 0.6 is 0 Å². The molecule has 0 N–H and O–H groups in total. The van der Waals surface area contributed by atoms with Gasteiger partial charge in [0.2, 0.25) is 0 Å². The first-order valence-electron chi connectivity index (χ1n) is 9.56. The second-order valence-corrected chi connectivity index (χ2v) is 13.7. The van der Waals surface area contributed by atoms with Crippen molar-refractivity contribution in [2.45, 2.75) is 85.4 Å². The van der Waals surface area contributed by atoms with Crippen LogP contribution in [-0.2, 0) is 6.42 Å². The van der Waals surface area contributed by atoms with Crippen LogP contribution in [0.25, 0.3) is 0 Å². The molecule has 1 aromatic rings. The summed E-state index contributed by atoms with van der Waals surface area (Å²) in [5.41, 5.74) is 5.37. The van der Waals surface area contributed by atoms with Gasteiger partial charge in [0.1, 0.15) is 11.5 Å². The van der Waals surface area contributed by atoms with Gasteiger partial charge in [0, 0.05) is 5.56 Å². The topological polar surface area (TPSA) is 18.5 Å². The number of benzene rings is 1. The Bertz CT molecular complexity index is 575. The third kappa shape index (κ3) is 4.90. The molecule has 0 amide bonds. The van der Waals surface area contributed by atoms with Gasteiger partial charge < -0.3 is 9.16 Å². The average molecular weight is 363 g/mol. The lowest BCUT2D eigenvalue weighted by Crippen LogP contribution is -2.50. The van der Waals surface area contributed by atoms with Gasteiger partial charge in [-0.1, -0.05) is 53.2 Å². The van der Waals surface area contributed by atoms with Crippen molar-refractivity contribution < 1.29 is 9.16 Å². The molecule has 3 heteroatoms. The van der Waals surface area contributed by atoms with Gasteiger partial charge in [0.15, 0.2) is 0 Å². The molecular weight excluding hydrogens is 324 g/mol. The quantitative estimate of drug-likeness (QED) is 0.364. The molecule has 0 radical (unpaired) electrons. The highest BCUT2D eigenvalue weighted by Crippen LogP contribution is 2.43. The number of methoxy groups -OCH3 is 1. The van der Waals surface area contributed by atoms with E-state index >= 15 is 0 Å². The molecule has 0 heterocycles. The molecule has 0 saturated heterocycles. The largest absolute Gasteiger partial charge is 0.543 e. The van der Waals surface area contributed by atoms with Crippen LogP contribution in [0.4, 0.5) is 0 Å². The number of rotatable bonds is 8. The van der Waals surface area contributed by atoms with Gasteiger partial charge in [-0.3, -0.25) is 0 Å². The number of aryl methyl sites for hydroxylation is 1. The van der Waals surface area contributed by atoms with Gasteiger partial charge >= 0.3 is 0 Å². The number of hydrogen-bond acceptors (Lipinski definition) is 2. The van der Waals surface area contributed by atoms with Crippen LogP contribution in [0.5, 0.6) is 11.5 Å². The summed E-state index contributed by atoms with van der Waals surface area (Å²) < 4.78 is 12.5. The highest BCUT2D eigenvalue weighted by Gasteiger charge is 2.47. The van der Waals surface area contributed by atoms with E-state index in [4.69, 9.17) is 9.16 Å². The summed E-state index contributed by atoms with van der Waals surface area (Å²) in [6.45, 7) is 20.3. The number of ether oxygens (including phenoxy) is 1. The van der Waals surface area contributed by atoms with E-state index in [1.54, 1.807) is 7.11 Å². The highest BCUT2D eigenvalue weighted by atomic mass is 28.4. The lowest BCUT2D eigenvalue weighted by molar-refractivity contribution is 0.405. The molecule has 0 saturated carbocycles. The van der Waals surface area contributed by atoms with Gasteiger partial charge in [-0.05, 0) is 61.5 Å². The van der Waals surface area contributed by atoms with E-state index in [9.17, 15) is 0 Å². The molecule has 0 aromatic heterocycles. The molecule has 0 unspecified atom stereocenters. The maximum atomic E-state index is 6.88. The second-order valence-electron chi connectivity index (χ2n) is 8.34. The van der Waals surface area contributed by atoms with Crippen molar-refractivity contribution >= 4 is 8.32 Å². The predicted octanol–water partition coefficient (Wildman–Crippen LogP) is 7.07. The molecule has 1 aromatic carbocycles. The van der Waals surface area contributed by atoms with Crippen molar-refractivity contribution in [3.63, 3.8) is 0 Å². The van der Waals surface area contributed by atoms with E-state index in [2.05, 4.69) is 80.5 Å². The first-order chi connectivity index (χ1) is 11.6. The maximum Gasteiger partial charge on any atom is 0.258 e. The van der Waals surface area contributed by atoms with Crippen LogP contribution in [0.15, 0.2) is 23.8 Å². The van der Waals surface area contributed by atoms with E-state index in [-0.39, 0.29) is 0 Å². The van der Waals surface area contributed by atoms with Crippen LogP contribution in [0.3, 0.4) is 0 Å². The van der Waals surface area contributed by atoms with E-state index in [0.29, 0.717) is 16.6 Å². The minimum absolute atomic E-state index is 0.566. The van der Waals surface area contributed by atoms with E-state index < -0.39 is 8.32 Å². The molecule has 0 spiro atoms. The molecule has 0 aliphatic carbocycles. The average Bonchev–Trinajstić information content (AvgIpc) is 2.49. The van der Waals surface area contributed by atoms with Crippen LogP contribution in [0.1, 0.15) is 66.5 Å². The first kappa shape index (κ1) is 21.8. The van der Waals surface area contributed by atoms with Crippen LogP contribution in [0, 0.1) is 6.92 Å². The summed E-state index contributed by atoms with van der Waals surface area (Å²) in [6, 6.07) is 4.35. The van der Waals surface area contributed by atoms with Crippen LogP contribution < -0.4 is 9.16 Å². The van der Waals surface area contributed by atoms with Crippen molar-refractivity contribution in [1.82, 2.24) is 0 Å². The summed E-state index contributed by atoms with van der Waals surface area (Å²) in [6.07, 6.45) is 3.13. The molecular formula is C22H38O2Si. The van der Waals surface area contributed by atoms with Gasteiger partial charge in [0.25, 0.3) is 8.32 Å². The predicted molar refractivity (Wildman–Crippen MR) is 113 cm³/mol. The molecule has 0 atom stereocenters. The fourth-order valence-corrected chi connectivity index (χ4v) is 9.42. The van der Waals surface area contributed by atoms with E-state index in [1.807, 2.05) is 0 Å². The Hall–Kier alpha value is -1.22. The smallest absolute Gasteiger partial charge is 0.258 e. The van der Waals surface area contributed by atoms with Gasteiger partial charge in [-0.25, -0.2) is 0 Å². The normalized spacial score (nSPS) is 12.0. The maximum absolute atomic E-state index is 6.88. The Balaban J connectivity index is 3.39. The molecule has 25 heavy (non-hydrogen) atoms. The molecule has 142 valence electrons. The van der Waals surface area contributed by atoms with Crippen molar-refractivity contribution in [2.24, 2.45) is 0 Å². The zero-order valence-electron chi connectivity index (χ0n) is 18.0. The minimum Gasteiger partial charge on any atom is -0.543 e. The fourth-order valence-electron chi connectivity index (χ4n) is 4.19. The van der Waals surface area contributed by atoms with Crippen molar-refractivity contribution in [3.05, 3.63) is 34.9 Å². The van der Waals surface area contributed by atoms with Crippen LogP contribution in [-0.4, -0.2) is 15.4 Å². The van der Waals surface area contributed by atoms with Crippen molar-refractivity contribution in [2.75, 3.05) is 7.11 Å². The molecule has 0 bridgehead atoms. The van der Waals surface area contributed by atoms with Crippen molar-refractivity contribution in [3.8, 4) is 11.5 Å². The molecule has 0 aliphatic rings. The van der Waals surface area contributed by atoms with Gasteiger partial charge in [-0.15, -0.1) is 0 Å². The van der Waals surface area contributed by atoms with E-state index in [0.717, 1.165) is 23.5 Å². The molecule has 0 aliphatic heterocycles. The second kappa shape index (κ2) is 8.93. The number of allylic oxidation sites excluding steroid dienone is 2. The zero-order valence-corrected chi connectivity index (χ0v) is 19.0. The standard InChI is InChI=1S/C22H38O2Si/c1-15(2)11-12-20-14-21(13-19(9)22(20)23-10)24-25(16(3)4,17(5)6)18(7)8/h11,13-14,16-18H,12H2,1-10H3. The molecule has 2 nitrogen and oxygen atoms in total. The third-order valence-electron chi connectivity index (χ3n) is 5.26. The van der Waals surface area contributed by atoms with Crippen LogP contribution in [0.2, 0.25) is 16.6 Å². The lowest BCUT2D eigenvalue weighted by atomic mass is 10.0. The van der Waals surface area contributed by atoms with E-state index in [1.165, 1.54) is 11.1 Å². The Morgan fingerprint density at radius 2 is 1.52 bits per heavy atom. The summed E-state index contributed by atoms with van der Waals surface area (Å²) in [5, 5.41) is 0. The Morgan fingerprint density at radius 3 is 1.92 bits per heavy atom. The summed E-state index contributed by atoms with van der Waals surface area (Å²) in [7, 11) is -0.189. The third-order valence-corrected chi connectivity index (χ3v) is 11.3. The highest BCUT2D eigenvalue weighted by molar-refractivity contribution is 6.78. The van der Waals surface area contributed by atoms with Gasteiger partial charge in [-0.2, -0.15) is 0 Å². The zero-order chi connectivity index (χ0) is 19.4. The van der Waals surface area contributed by atoms with Gasteiger partial charge in [0.05, 0.1) is 7.11 Å². The Kier molecular flexibility index (Phi) is 7.79. The summed E-state index contributed by atoms with van der Waals surface area (Å²) in [4.78, 5) is 0. The summed E-state index contributed by atoms with van der Waals surface area (Å²) >= 11 is 0. The fraction of sp³-hybridized carbons (Fsp3) is 0.636.